The highest BCUT2D eigenvalue weighted by molar-refractivity contribution is 5.98. The lowest BCUT2D eigenvalue weighted by molar-refractivity contribution is -0.141. The third-order valence-electron chi connectivity index (χ3n) is 4.07. The Morgan fingerprint density at radius 2 is 1.81 bits per heavy atom. The predicted octanol–water partition coefficient (Wildman–Crippen LogP) is 3.02. The van der Waals surface area contributed by atoms with Crippen LogP contribution in [-0.2, 0) is 6.18 Å². The van der Waals surface area contributed by atoms with E-state index in [1.54, 1.807) is 18.2 Å². The number of para-hydroxylation sites is 1. The summed E-state index contributed by atoms with van der Waals surface area (Å²) in [7, 11) is 2.91. The number of carbonyl (C=O) groups excluding carboxylic acids is 1. The Kier molecular flexibility index (Phi) is 5.11. The van der Waals surface area contributed by atoms with E-state index in [1.807, 2.05) is 0 Å². The molecule has 0 spiro atoms. The van der Waals surface area contributed by atoms with Crippen LogP contribution in [0.1, 0.15) is 16.1 Å². The van der Waals surface area contributed by atoms with Crippen molar-refractivity contribution in [1.29, 1.82) is 0 Å². The van der Waals surface area contributed by atoms with Crippen LogP contribution in [-0.4, -0.2) is 49.2 Å². The van der Waals surface area contributed by atoms with Gasteiger partial charge in [0.05, 0.1) is 32.9 Å². The van der Waals surface area contributed by atoms with Crippen LogP contribution in [0.5, 0.6) is 17.4 Å². The zero-order chi connectivity index (χ0) is 19.6. The number of hydrogen-bond acceptors (Lipinski definition) is 5. The number of alkyl halides is 3. The molecule has 0 saturated carbocycles. The highest BCUT2D eigenvalue weighted by atomic mass is 19.4. The van der Waals surface area contributed by atoms with Crippen LogP contribution >= 0.6 is 0 Å². The van der Waals surface area contributed by atoms with Gasteiger partial charge in [-0.15, -0.1) is 0 Å². The molecular weight excluding hydrogens is 365 g/mol. The number of aromatic nitrogens is 1. The van der Waals surface area contributed by atoms with E-state index >= 15 is 0 Å². The van der Waals surface area contributed by atoms with Crippen molar-refractivity contribution in [2.24, 2.45) is 0 Å². The maximum absolute atomic E-state index is 12.7. The van der Waals surface area contributed by atoms with Gasteiger partial charge in [0, 0.05) is 6.07 Å². The van der Waals surface area contributed by atoms with Gasteiger partial charge in [0.1, 0.15) is 11.8 Å². The van der Waals surface area contributed by atoms with Crippen molar-refractivity contribution >= 4 is 5.91 Å². The maximum Gasteiger partial charge on any atom is 0.433 e. The first kappa shape index (κ1) is 18.8. The fourth-order valence-electron chi connectivity index (χ4n) is 2.71. The number of halogens is 3. The summed E-state index contributed by atoms with van der Waals surface area (Å²) in [5, 5.41) is 0. The second-order valence-corrected chi connectivity index (χ2v) is 5.85. The normalized spacial score (nSPS) is 14.5. The number of ether oxygens (including phenoxy) is 3. The molecule has 144 valence electrons. The van der Waals surface area contributed by atoms with Crippen molar-refractivity contribution in [3.63, 3.8) is 0 Å². The average Bonchev–Trinajstić information content (AvgIpc) is 2.62. The number of nitrogens with zero attached hydrogens (tertiary/aromatic N) is 2. The minimum atomic E-state index is -4.54. The van der Waals surface area contributed by atoms with Gasteiger partial charge >= 0.3 is 6.18 Å². The number of methoxy groups -OCH3 is 2. The van der Waals surface area contributed by atoms with Crippen molar-refractivity contribution in [2.45, 2.75) is 12.3 Å². The van der Waals surface area contributed by atoms with E-state index in [0.717, 1.165) is 6.07 Å². The fraction of sp³-hybridized carbons (Fsp3) is 0.333. The highest BCUT2D eigenvalue weighted by Gasteiger charge is 2.36. The third kappa shape index (κ3) is 3.91. The van der Waals surface area contributed by atoms with Crippen LogP contribution < -0.4 is 14.2 Å². The lowest BCUT2D eigenvalue weighted by atomic mass is 10.1. The van der Waals surface area contributed by atoms with Gasteiger partial charge in [-0.25, -0.2) is 4.98 Å². The fourth-order valence-corrected chi connectivity index (χ4v) is 2.71. The SMILES string of the molecule is COc1cccc(C(=O)N2CC(Oc3cccc(C(F)(F)F)n3)C2)c1OC. The molecule has 0 N–H and O–H groups in total. The third-order valence-corrected chi connectivity index (χ3v) is 4.07. The Labute approximate surface area is 153 Å². The summed E-state index contributed by atoms with van der Waals surface area (Å²) in [6.45, 7) is 0.467. The van der Waals surface area contributed by atoms with Crippen LogP contribution in [0.25, 0.3) is 0 Å². The largest absolute Gasteiger partial charge is 0.493 e. The Balaban J connectivity index is 1.64. The molecule has 0 atom stereocenters. The zero-order valence-corrected chi connectivity index (χ0v) is 14.6. The summed E-state index contributed by atoms with van der Waals surface area (Å²) in [4.78, 5) is 17.6. The monoisotopic (exact) mass is 382 g/mol. The number of hydrogen-bond donors (Lipinski definition) is 0. The smallest absolute Gasteiger partial charge is 0.433 e. The molecule has 9 heteroatoms. The van der Waals surface area contributed by atoms with Gasteiger partial charge in [0.2, 0.25) is 5.88 Å². The van der Waals surface area contributed by atoms with Gasteiger partial charge in [0.15, 0.2) is 11.5 Å². The summed E-state index contributed by atoms with van der Waals surface area (Å²) >= 11 is 0. The molecule has 3 rings (SSSR count). The molecule has 1 saturated heterocycles. The first-order valence-electron chi connectivity index (χ1n) is 8.04. The summed E-state index contributed by atoms with van der Waals surface area (Å²) in [6.07, 6.45) is -4.97. The summed E-state index contributed by atoms with van der Waals surface area (Å²) in [5.41, 5.74) is -0.680. The van der Waals surface area contributed by atoms with E-state index in [0.29, 0.717) is 17.1 Å². The van der Waals surface area contributed by atoms with Crippen LogP contribution in [0.2, 0.25) is 0 Å². The highest BCUT2D eigenvalue weighted by Crippen LogP contribution is 2.33. The topological polar surface area (TPSA) is 60.9 Å². The molecule has 2 heterocycles. The molecule has 2 aromatic rings. The van der Waals surface area contributed by atoms with Crippen LogP contribution in [0, 0.1) is 0 Å². The van der Waals surface area contributed by atoms with Gasteiger partial charge in [-0.3, -0.25) is 4.79 Å². The quantitative estimate of drug-likeness (QED) is 0.796. The van der Waals surface area contributed by atoms with Crippen LogP contribution in [0.4, 0.5) is 13.2 Å². The molecule has 0 aliphatic carbocycles. The Bertz CT molecular complexity index is 836. The van der Waals surface area contributed by atoms with Crippen molar-refractivity contribution in [3.05, 3.63) is 47.7 Å². The number of carbonyl (C=O) groups is 1. The van der Waals surface area contributed by atoms with E-state index in [-0.39, 0.29) is 24.9 Å². The van der Waals surface area contributed by atoms with E-state index in [1.165, 1.54) is 31.3 Å². The van der Waals surface area contributed by atoms with Gasteiger partial charge in [0.25, 0.3) is 5.91 Å². The Morgan fingerprint density at radius 3 is 2.44 bits per heavy atom. The Hall–Kier alpha value is -2.97. The number of benzene rings is 1. The number of rotatable bonds is 5. The summed E-state index contributed by atoms with van der Waals surface area (Å²) < 4.78 is 54.0. The lowest BCUT2D eigenvalue weighted by Gasteiger charge is -2.38. The van der Waals surface area contributed by atoms with Crippen molar-refractivity contribution < 1.29 is 32.2 Å². The zero-order valence-electron chi connectivity index (χ0n) is 14.6. The second-order valence-electron chi connectivity index (χ2n) is 5.85. The number of likely N-dealkylation sites (tertiary alicyclic amines) is 1. The molecule has 1 amide bonds. The van der Waals surface area contributed by atoms with Gasteiger partial charge < -0.3 is 19.1 Å². The lowest BCUT2D eigenvalue weighted by Crippen LogP contribution is -2.56. The minimum Gasteiger partial charge on any atom is -0.493 e. The molecule has 6 nitrogen and oxygen atoms in total. The van der Waals surface area contributed by atoms with Gasteiger partial charge in [-0.05, 0) is 18.2 Å². The van der Waals surface area contributed by atoms with Crippen LogP contribution in [0.15, 0.2) is 36.4 Å². The molecule has 1 aliphatic rings. The van der Waals surface area contributed by atoms with Crippen LogP contribution in [0.3, 0.4) is 0 Å². The molecule has 1 aromatic carbocycles. The average molecular weight is 382 g/mol. The maximum atomic E-state index is 12.7. The molecule has 0 radical (unpaired) electrons. The molecule has 1 aliphatic heterocycles. The second kappa shape index (κ2) is 7.34. The number of amides is 1. The molecule has 27 heavy (non-hydrogen) atoms. The van der Waals surface area contributed by atoms with Crippen molar-refractivity contribution in [1.82, 2.24) is 9.88 Å². The minimum absolute atomic E-state index is 0.124. The summed E-state index contributed by atoms with van der Waals surface area (Å²) in [5.74, 6) is 0.363. The molecule has 1 fully saturated rings. The first-order valence-corrected chi connectivity index (χ1v) is 8.04. The Morgan fingerprint density at radius 1 is 1.11 bits per heavy atom. The molecule has 1 aromatic heterocycles. The summed E-state index contributed by atoms with van der Waals surface area (Å²) in [6, 6.07) is 8.43. The van der Waals surface area contributed by atoms with Gasteiger partial charge in [-0.2, -0.15) is 13.2 Å². The van der Waals surface area contributed by atoms with Gasteiger partial charge in [-0.1, -0.05) is 12.1 Å². The van der Waals surface area contributed by atoms with E-state index in [9.17, 15) is 18.0 Å². The predicted molar refractivity (Wildman–Crippen MR) is 89.1 cm³/mol. The molecule has 0 bridgehead atoms. The first-order chi connectivity index (χ1) is 12.8. The van der Waals surface area contributed by atoms with E-state index in [4.69, 9.17) is 14.2 Å². The van der Waals surface area contributed by atoms with E-state index in [2.05, 4.69) is 4.98 Å². The van der Waals surface area contributed by atoms with Crippen molar-refractivity contribution in [2.75, 3.05) is 27.3 Å². The van der Waals surface area contributed by atoms with Crippen molar-refractivity contribution in [3.8, 4) is 17.4 Å². The molecular formula is C18H17F3N2O4. The number of pyridine rings is 1. The standard InChI is InChI=1S/C18H17F3N2O4/c1-25-13-6-3-5-12(16(13)26-2)17(24)23-9-11(10-23)27-15-8-4-7-14(22-15)18(19,20)21/h3-8,11H,9-10H2,1-2H3. The molecule has 0 unspecified atom stereocenters. The van der Waals surface area contributed by atoms with E-state index < -0.39 is 18.0 Å².